The van der Waals surface area contributed by atoms with Crippen molar-refractivity contribution < 1.29 is 5.11 Å². The minimum atomic E-state index is -0.552. The molecule has 80 valence electrons. The van der Waals surface area contributed by atoms with Crippen LogP contribution in [0.3, 0.4) is 0 Å². The van der Waals surface area contributed by atoms with Crippen LogP contribution in [0.4, 0.5) is 0 Å². The second-order valence-electron chi connectivity index (χ2n) is 3.72. The number of nitrogens with zero attached hydrogens (tertiary/aromatic N) is 2. The summed E-state index contributed by atoms with van der Waals surface area (Å²) in [5.41, 5.74) is 1.84. The van der Waals surface area contributed by atoms with Gasteiger partial charge >= 0.3 is 0 Å². The fourth-order valence-corrected chi connectivity index (χ4v) is 2.64. The molecule has 0 bridgehead atoms. The van der Waals surface area contributed by atoms with E-state index in [1.54, 1.807) is 22.2 Å². The van der Waals surface area contributed by atoms with E-state index in [1.165, 1.54) is 9.75 Å². The van der Waals surface area contributed by atoms with Gasteiger partial charge in [-0.1, -0.05) is 0 Å². The molecule has 1 N–H and O–H groups in total. The van der Waals surface area contributed by atoms with E-state index in [0.717, 1.165) is 11.1 Å². The first-order chi connectivity index (χ1) is 7.08. The number of hydrogen-bond donors (Lipinski definition) is 1. The maximum atomic E-state index is 10.2. The molecular weight excluding hydrogens is 208 g/mol. The summed E-state index contributed by atoms with van der Waals surface area (Å²) in [7, 11) is 1.85. The molecule has 0 aromatic carbocycles. The molecule has 0 saturated heterocycles. The second-order valence-corrected chi connectivity index (χ2v) is 5.18. The van der Waals surface area contributed by atoms with E-state index in [2.05, 4.69) is 12.0 Å². The molecule has 2 rings (SSSR count). The largest absolute Gasteiger partial charge is 0.383 e. The highest BCUT2D eigenvalue weighted by molar-refractivity contribution is 7.12. The lowest BCUT2D eigenvalue weighted by molar-refractivity contribution is 0.220. The molecule has 0 radical (unpaired) electrons. The number of thiophene rings is 1. The van der Waals surface area contributed by atoms with E-state index in [4.69, 9.17) is 0 Å². The quantitative estimate of drug-likeness (QED) is 0.845. The number of aromatic nitrogens is 2. The summed E-state index contributed by atoms with van der Waals surface area (Å²) in [5, 5.41) is 14.2. The van der Waals surface area contributed by atoms with E-state index in [9.17, 15) is 5.11 Å². The van der Waals surface area contributed by atoms with E-state index in [0.29, 0.717) is 0 Å². The van der Waals surface area contributed by atoms with Gasteiger partial charge in [0.2, 0.25) is 0 Å². The van der Waals surface area contributed by atoms with Crippen LogP contribution < -0.4 is 0 Å². The van der Waals surface area contributed by atoms with Crippen LogP contribution in [0.15, 0.2) is 18.5 Å². The fourth-order valence-electron chi connectivity index (χ4n) is 1.68. The van der Waals surface area contributed by atoms with Crippen LogP contribution in [0.5, 0.6) is 0 Å². The van der Waals surface area contributed by atoms with Crippen molar-refractivity contribution in [2.45, 2.75) is 20.0 Å². The minimum Gasteiger partial charge on any atom is -0.383 e. The van der Waals surface area contributed by atoms with Gasteiger partial charge in [0.1, 0.15) is 6.10 Å². The number of rotatable bonds is 2. The maximum absolute atomic E-state index is 10.2. The molecule has 0 amide bonds. The molecular formula is C11H14N2OS. The van der Waals surface area contributed by atoms with Gasteiger partial charge in [0.05, 0.1) is 6.20 Å². The molecule has 2 aromatic heterocycles. The van der Waals surface area contributed by atoms with Crippen LogP contribution >= 0.6 is 11.3 Å². The van der Waals surface area contributed by atoms with Crippen molar-refractivity contribution in [2.75, 3.05) is 0 Å². The molecule has 0 aliphatic rings. The Morgan fingerprint density at radius 3 is 2.67 bits per heavy atom. The smallest absolute Gasteiger partial charge is 0.108 e. The zero-order valence-electron chi connectivity index (χ0n) is 9.06. The molecule has 2 heterocycles. The summed E-state index contributed by atoms with van der Waals surface area (Å²) in [6, 6.07) is 2.04. The first-order valence-electron chi connectivity index (χ1n) is 4.81. The summed E-state index contributed by atoms with van der Waals surface area (Å²) in [6.07, 6.45) is 3.00. The highest BCUT2D eigenvalue weighted by Gasteiger charge is 2.16. The van der Waals surface area contributed by atoms with E-state index in [1.807, 2.05) is 26.2 Å². The van der Waals surface area contributed by atoms with E-state index in [-0.39, 0.29) is 0 Å². The minimum absolute atomic E-state index is 0.552. The molecule has 4 heteroatoms. The second kappa shape index (κ2) is 3.79. The van der Waals surface area contributed by atoms with Crippen LogP contribution in [-0.2, 0) is 7.05 Å². The van der Waals surface area contributed by atoms with Gasteiger partial charge in [-0.15, -0.1) is 11.3 Å². The third kappa shape index (κ3) is 1.96. The Morgan fingerprint density at radius 2 is 2.20 bits per heavy atom. The molecule has 0 fully saturated rings. The van der Waals surface area contributed by atoms with Crippen molar-refractivity contribution in [2.24, 2.45) is 7.05 Å². The van der Waals surface area contributed by atoms with Gasteiger partial charge in [-0.3, -0.25) is 4.68 Å². The molecule has 0 aliphatic carbocycles. The molecule has 3 nitrogen and oxygen atoms in total. The number of aryl methyl sites for hydroxylation is 3. The SMILES string of the molecule is Cc1cc(C(O)c2cnn(C)c2)c(C)s1. The Balaban J connectivity index is 2.35. The van der Waals surface area contributed by atoms with Crippen LogP contribution in [0.2, 0.25) is 0 Å². The molecule has 0 aliphatic heterocycles. The van der Waals surface area contributed by atoms with E-state index >= 15 is 0 Å². The first-order valence-corrected chi connectivity index (χ1v) is 5.63. The Bertz CT molecular complexity index is 473. The van der Waals surface area contributed by atoms with Crippen molar-refractivity contribution in [1.29, 1.82) is 0 Å². The molecule has 0 spiro atoms. The van der Waals surface area contributed by atoms with E-state index < -0.39 is 6.10 Å². The third-order valence-corrected chi connectivity index (χ3v) is 3.40. The van der Waals surface area contributed by atoms with Crippen molar-refractivity contribution in [1.82, 2.24) is 9.78 Å². The molecule has 15 heavy (non-hydrogen) atoms. The summed E-state index contributed by atoms with van der Waals surface area (Å²) in [6.45, 7) is 4.09. The monoisotopic (exact) mass is 222 g/mol. The predicted molar refractivity (Wildman–Crippen MR) is 61.1 cm³/mol. The van der Waals surface area contributed by atoms with Crippen molar-refractivity contribution in [3.8, 4) is 0 Å². The summed E-state index contributed by atoms with van der Waals surface area (Å²) in [4.78, 5) is 2.40. The summed E-state index contributed by atoms with van der Waals surface area (Å²) in [5.74, 6) is 0. The summed E-state index contributed by atoms with van der Waals surface area (Å²) < 4.78 is 1.70. The number of aliphatic hydroxyl groups is 1. The molecule has 2 aromatic rings. The van der Waals surface area contributed by atoms with Crippen LogP contribution in [0.25, 0.3) is 0 Å². The zero-order chi connectivity index (χ0) is 11.0. The van der Waals surface area contributed by atoms with Gasteiger partial charge in [0.15, 0.2) is 0 Å². The zero-order valence-corrected chi connectivity index (χ0v) is 9.88. The standard InChI is InChI=1S/C11H14N2OS/c1-7-4-10(8(2)15-7)11(14)9-5-12-13(3)6-9/h4-6,11,14H,1-3H3. The van der Waals surface area contributed by atoms with Gasteiger partial charge in [0.25, 0.3) is 0 Å². The lowest BCUT2D eigenvalue weighted by Gasteiger charge is -2.07. The van der Waals surface area contributed by atoms with Crippen molar-refractivity contribution in [3.05, 3.63) is 39.3 Å². The van der Waals surface area contributed by atoms with Gasteiger partial charge in [-0.05, 0) is 25.5 Å². The normalized spacial score (nSPS) is 13.1. The Hall–Kier alpha value is -1.13. The fraction of sp³-hybridized carbons (Fsp3) is 0.364. The average Bonchev–Trinajstić information content (AvgIpc) is 2.71. The van der Waals surface area contributed by atoms with Crippen LogP contribution in [0.1, 0.15) is 27.0 Å². The summed E-state index contributed by atoms with van der Waals surface area (Å²) >= 11 is 1.71. The van der Waals surface area contributed by atoms with Crippen molar-refractivity contribution >= 4 is 11.3 Å². The maximum Gasteiger partial charge on any atom is 0.108 e. The van der Waals surface area contributed by atoms with Crippen LogP contribution in [-0.4, -0.2) is 14.9 Å². The Morgan fingerprint density at radius 1 is 1.47 bits per heavy atom. The Labute approximate surface area is 93.0 Å². The lowest BCUT2D eigenvalue weighted by atomic mass is 10.1. The molecule has 0 saturated carbocycles. The lowest BCUT2D eigenvalue weighted by Crippen LogP contribution is -1.98. The van der Waals surface area contributed by atoms with Crippen LogP contribution in [0, 0.1) is 13.8 Å². The average molecular weight is 222 g/mol. The molecule has 1 unspecified atom stereocenters. The van der Waals surface area contributed by atoms with Gasteiger partial charge < -0.3 is 5.11 Å². The topological polar surface area (TPSA) is 38.1 Å². The Kier molecular flexibility index (Phi) is 2.63. The van der Waals surface area contributed by atoms with Crippen molar-refractivity contribution in [3.63, 3.8) is 0 Å². The van der Waals surface area contributed by atoms with Gasteiger partial charge in [0, 0.05) is 28.6 Å². The number of hydrogen-bond acceptors (Lipinski definition) is 3. The third-order valence-electron chi connectivity index (χ3n) is 2.41. The van der Waals surface area contributed by atoms with Gasteiger partial charge in [-0.25, -0.2) is 0 Å². The predicted octanol–water partition coefficient (Wildman–Crippen LogP) is 2.18. The molecule has 1 atom stereocenters. The first kappa shape index (κ1) is 10.4. The van der Waals surface area contributed by atoms with Gasteiger partial charge in [-0.2, -0.15) is 5.10 Å². The number of aliphatic hydroxyl groups excluding tert-OH is 1. The highest BCUT2D eigenvalue weighted by Crippen LogP contribution is 2.30. The highest BCUT2D eigenvalue weighted by atomic mass is 32.1.